The van der Waals surface area contributed by atoms with E-state index >= 15 is 0 Å². The number of aromatic nitrogens is 1. The summed E-state index contributed by atoms with van der Waals surface area (Å²) >= 11 is 15.9. The van der Waals surface area contributed by atoms with E-state index in [4.69, 9.17) is 23.2 Å². The summed E-state index contributed by atoms with van der Waals surface area (Å²) < 4.78 is 3.29. The van der Waals surface area contributed by atoms with E-state index in [1.807, 2.05) is 6.07 Å². The van der Waals surface area contributed by atoms with Crippen LogP contribution in [0.2, 0.25) is 10.0 Å². The first-order valence-corrected chi connectivity index (χ1v) is 6.39. The van der Waals surface area contributed by atoms with Crippen molar-refractivity contribution in [1.29, 1.82) is 0 Å². The molecule has 1 aliphatic rings. The van der Waals surface area contributed by atoms with E-state index in [9.17, 15) is 0 Å². The highest BCUT2D eigenvalue weighted by Crippen LogP contribution is 2.39. The molecule has 1 nitrogen and oxygen atoms in total. The number of hydrogen-bond acceptors (Lipinski definition) is 0. The lowest BCUT2D eigenvalue weighted by Crippen LogP contribution is -1.92. The molecule has 4 heteroatoms. The molecule has 0 saturated heterocycles. The van der Waals surface area contributed by atoms with Gasteiger partial charge in [0, 0.05) is 22.1 Å². The Hall–Kier alpha value is -0.180. The zero-order valence-corrected chi connectivity index (χ0v) is 11.0. The van der Waals surface area contributed by atoms with Crippen LogP contribution in [0, 0.1) is 0 Å². The van der Waals surface area contributed by atoms with Crippen LogP contribution in [0.1, 0.15) is 12.1 Å². The number of benzene rings is 1. The fourth-order valence-electron chi connectivity index (χ4n) is 2.27. The van der Waals surface area contributed by atoms with Crippen LogP contribution in [0.15, 0.2) is 16.6 Å². The summed E-state index contributed by atoms with van der Waals surface area (Å²) in [6, 6.07) is 4.07. The van der Waals surface area contributed by atoms with E-state index < -0.39 is 0 Å². The minimum absolute atomic E-state index is 0.615. The van der Waals surface area contributed by atoms with E-state index in [0.29, 0.717) is 10.0 Å². The van der Waals surface area contributed by atoms with Gasteiger partial charge in [-0.3, -0.25) is 0 Å². The molecule has 0 saturated carbocycles. The lowest BCUT2D eigenvalue weighted by atomic mass is 10.2. The molecule has 1 aromatic heterocycles. The van der Waals surface area contributed by atoms with Crippen LogP contribution in [-0.4, -0.2) is 4.57 Å². The molecule has 0 aliphatic carbocycles. The molecule has 2 heterocycles. The fraction of sp³-hybridized carbons (Fsp3) is 0.273. The molecular formula is C11H8BrCl2N. The smallest absolute Gasteiger partial charge is 0.0836 e. The van der Waals surface area contributed by atoms with Crippen molar-refractivity contribution in [2.75, 3.05) is 0 Å². The second kappa shape index (κ2) is 3.41. The molecule has 78 valence electrons. The minimum atomic E-state index is 0.615. The molecule has 0 radical (unpaired) electrons. The van der Waals surface area contributed by atoms with Gasteiger partial charge in [-0.25, -0.2) is 0 Å². The third kappa shape index (κ3) is 1.35. The Labute approximate surface area is 106 Å². The first kappa shape index (κ1) is 10.0. The van der Waals surface area contributed by atoms with E-state index in [1.54, 1.807) is 0 Å². The van der Waals surface area contributed by atoms with E-state index in [1.165, 1.54) is 17.5 Å². The van der Waals surface area contributed by atoms with Crippen LogP contribution >= 0.6 is 39.1 Å². The van der Waals surface area contributed by atoms with Gasteiger partial charge in [0.1, 0.15) is 0 Å². The maximum atomic E-state index is 6.25. The molecule has 2 aromatic rings. The summed E-state index contributed by atoms with van der Waals surface area (Å²) in [5, 5.41) is 2.45. The molecule has 0 N–H and O–H groups in total. The Balaban J connectivity index is 2.49. The number of rotatable bonds is 0. The number of halogens is 3. The summed E-state index contributed by atoms with van der Waals surface area (Å²) in [6.07, 6.45) is 2.33. The number of fused-ring (bicyclic) bond motifs is 3. The number of nitrogens with zero attached hydrogens (tertiary/aromatic N) is 1. The molecular weight excluding hydrogens is 297 g/mol. The van der Waals surface area contributed by atoms with Crippen LogP contribution in [0.3, 0.4) is 0 Å². The molecule has 3 rings (SSSR count). The molecule has 0 amide bonds. The highest BCUT2D eigenvalue weighted by molar-refractivity contribution is 9.10. The van der Waals surface area contributed by atoms with E-state index in [2.05, 4.69) is 26.6 Å². The third-order valence-corrected chi connectivity index (χ3v) is 4.36. The second-order valence-electron chi connectivity index (χ2n) is 3.81. The Morgan fingerprint density at radius 3 is 2.87 bits per heavy atom. The van der Waals surface area contributed by atoms with Gasteiger partial charge in [-0.05, 0) is 25.0 Å². The molecule has 0 spiro atoms. The standard InChI is InChI=1S/C11H8BrCl2N/c12-8-5-9(13)10(14)11-7(8)4-6-2-1-3-15(6)11/h4-5H,1-3H2. The average molecular weight is 305 g/mol. The van der Waals surface area contributed by atoms with Gasteiger partial charge in [-0.15, -0.1) is 0 Å². The molecule has 0 unspecified atom stereocenters. The third-order valence-electron chi connectivity index (χ3n) is 2.93. The van der Waals surface area contributed by atoms with Crippen molar-refractivity contribution in [2.45, 2.75) is 19.4 Å². The van der Waals surface area contributed by atoms with Crippen molar-refractivity contribution in [3.05, 3.63) is 32.3 Å². The summed E-state index contributed by atoms with van der Waals surface area (Å²) in [7, 11) is 0. The van der Waals surface area contributed by atoms with Gasteiger partial charge in [-0.2, -0.15) is 0 Å². The van der Waals surface area contributed by atoms with Gasteiger partial charge in [0.25, 0.3) is 0 Å². The van der Waals surface area contributed by atoms with Crippen molar-refractivity contribution in [3.63, 3.8) is 0 Å². The van der Waals surface area contributed by atoms with Crippen LogP contribution in [0.25, 0.3) is 10.9 Å². The van der Waals surface area contributed by atoms with Crippen LogP contribution < -0.4 is 0 Å². The Bertz CT molecular complexity index is 559. The molecule has 1 aliphatic heterocycles. The number of hydrogen-bond donors (Lipinski definition) is 0. The first-order chi connectivity index (χ1) is 7.18. The van der Waals surface area contributed by atoms with Crippen molar-refractivity contribution in [1.82, 2.24) is 4.57 Å². The zero-order valence-electron chi connectivity index (χ0n) is 7.86. The van der Waals surface area contributed by atoms with Crippen LogP contribution in [-0.2, 0) is 13.0 Å². The van der Waals surface area contributed by atoms with Gasteiger partial charge in [0.05, 0.1) is 15.6 Å². The topological polar surface area (TPSA) is 4.93 Å². The minimum Gasteiger partial charge on any atom is -0.343 e. The van der Waals surface area contributed by atoms with Crippen molar-refractivity contribution in [2.24, 2.45) is 0 Å². The Morgan fingerprint density at radius 2 is 2.07 bits per heavy atom. The van der Waals surface area contributed by atoms with Gasteiger partial charge in [-0.1, -0.05) is 39.1 Å². The molecule has 15 heavy (non-hydrogen) atoms. The summed E-state index contributed by atoms with van der Waals surface area (Å²) in [4.78, 5) is 0. The average Bonchev–Trinajstić information content (AvgIpc) is 2.72. The molecule has 1 aromatic carbocycles. The predicted octanol–water partition coefficient (Wildman–Crippen LogP) is 4.66. The monoisotopic (exact) mass is 303 g/mol. The lowest BCUT2D eigenvalue weighted by molar-refractivity contribution is 0.772. The second-order valence-corrected chi connectivity index (χ2v) is 5.45. The van der Waals surface area contributed by atoms with Gasteiger partial charge in [0.2, 0.25) is 0 Å². The van der Waals surface area contributed by atoms with Gasteiger partial charge >= 0.3 is 0 Å². The largest absolute Gasteiger partial charge is 0.343 e. The SMILES string of the molecule is Clc1cc(Br)c2cc3n(c2c1Cl)CCC3. The summed E-state index contributed by atoms with van der Waals surface area (Å²) in [6.45, 7) is 1.05. The van der Waals surface area contributed by atoms with E-state index in [0.717, 1.165) is 23.0 Å². The predicted molar refractivity (Wildman–Crippen MR) is 68.0 cm³/mol. The lowest BCUT2D eigenvalue weighted by Gasteiger charge is -2.05. The molecule has 0 atom stereocenters. The summed E-state index contributed by atoms with van der Waals surface area (Å²) in [5.74, 6) is 0. The van der Waals surface area contributed by atoms with Crippen LogP contribution in [0.4, 0.5) is 0 Å². The first-order valence-electron chi connectivity index (χ1n) is 4.84. The number of aryl methyl sites for hydroxylation is 2. The van der Waals surface area contributed by atoms with Crippen LogP contribution in [0.5, 0.6) is 0 Å². The van der Waals surface area contributed by atoms with Gasteiger partial charge < -0.3 is 4.57 Å². The molecule has 0 fully saturated rings. The van der Waals surface area contributed by atoms with Gasteiger partial charge in [0.15, 0.2) is 0 Å². The Kier molecular flexibility index (Phi) is 2.27. The van der Waals surface area contributed by atoms with E-state index in [-0.39, 0.29) is 0 Å². The van der Waals surface area contributed by atoms with Crippen molar-refractivity contribution >= 4 is 50.0 Å². The maximum absolute atomic E-state index is 6.25. The van der Waals surface area contributed by atoms with Crippen molar-refractivity contribution in [3.8, 4) is 0 Å². The molecule has 0 bridgehead atoms. The van der Waals surface area contributed by atoms with Crippen molar-refractivity contribution < 1.29 is 0 Å². The Morgan fingerprint density at radius 1 is 1.27 bits per heavy atom. The summed E-state index contributed by atoms with van der Waals surface area (Å²) in [5.41, 5.74) is 2.43. The highest BCUT2D eigenvalue weighted by atomic mass is 79.9. The fourth-order valence-corrected chi connectivity index (χ4v) is 3.39. The highest BCUT2D eigenvalue weighted by Gasteiger charge is 2.19. The quantitative estimate of drug-likeness (QED) is 0.624. The zero-order chi connectivity index (χ0) is 10.6. The normalized spacial score (nSPS) is 14.9. The maximum Gasteiger partial charge on any atom is 0.0836 e.